The maximum atomic E-state index is 13.3. The predicted octanol–water partition coefficient (Wildman–Crippen LogP) is 2.94. The molecule has 2 aromatic rings. The second kappa shape index (κ2) is 7.32. The van der Waals surface area contributed by atoms with E-state index in [2.05, 4.69) is 0 Å². The number of aliphatic hydroxyl groups is 2. The molecule has 2 aromatic carbocycles. The Morgan fingerprint density at radius 2 is 1.70 bits per heavy atom. The highest BCUT2D eigenvalue weighted by atomic mass is 19.1. The van der Waals surface area contributed by atoms with Gasteiger partial charge >= 0.3 is 0 Å². The van der Waals surface area contributed by atoms with Crippen molar-refractivity contribution in [2.75, 3.05) is 6.54 Å². The van der Waals surface area contributed by atoms with Crippen molar-refractivity contribution in [1.29, 1.82) is 0 Å². The molecule has 6 heteroatoms. The fourth-order valence-corrected chi connectivity index (χ4v) is 3.21. The number of β-amino-alcohol motifs (C(OH)–C–C–N with tert-alkyl or cyclic N) is 1. The van der Waals surface area contributed by atoms with Gasteiger partial charge in [0.05, 0.1) is 17.7 Å². The number of carbonyl (C=O) groups excluding carboxylic acids is 2. The van der Waals surface area contributed by atoms with Crippen molar-refractivity contribution in [2.45, 2.75) is 26.0 Å². The van der Waals surface area contributed by atoms with Gasteiger partial charge in [-0.2, -0.15) is 0 Å². The van der Waals surface area contributed by atoms with Gasteiger partial charge in [-0.05, 0) is 31.5 Å². The van der Waals surface area contributed by atoms with Crippen LogP contribution >= 0.6 is 0 Å². The third-order valence-electron chi connectivity index (χ3n) is 4.51. The molecule has 1 aliphatic heterocycles. The zero-order chi connectivity index (χ0) is 19.7. The topological polar surface area (TPSA) is 77.8 Å². The van der Waals surface area contributed by atoms with Gasteiger partial charge in [0, 0.05) is 12.1 Å². The van der Waals surface area contributed by atoms with Crippen molar-refractivity contribution in [1.82, 2.24) is 4.90 Å². The fraction of sp³-hybridized carbons (Fsp3) is 0.238. The van der Waals surface area contributed by atoms with E-state index in [1.54, 1.807) is 24.3 Å². The highest BCUT2D eigenvalue weighted by Gasteiger charge is 2.46. The number of aliphatic hydroxyl groups excluding tert-OH is 2. The summed E-state index contributed by atoms with van der Waals surface area (Å²) in [6.45, 7) is 3.31. The molecule has 27 heavy (non-hydrogen) atoms. The molecular formula is C21H20FNO4. The first-order valence-electron chi connectivity index (χ1n) is 8.58. The number of amides is 1. The third kappa shape index (κ3) is 3.61. The molecule has 2 N–H and O–H groups in total. The first kappa shape index (κ1) is 18.8. The van der Waals surface area contributed by atoms with Crippen LogP contribution in [-0.2, 0) is 9.59 Å². The minimum Gasteiger partial charge on any atom is -0.507 e. The highest BCUT2D eigenvalue weighted by molar-refractivity contribution is 6.46. The van der Waals surface area contributed by atoms with Crippen molar-refractivity contribution in [3.63, 3.8) is 0 Å². The van der Waals surface area contributed by atoms with Crippen LogP contribution in [-0.4, -0.2) is 39.5 Å². The van der Waals surface area contributed by atoms with Gasteiger partial charge in [0.2, 0.25) is 0 Å². The first-order chi connectivity index (χ1) is 12.8. The Balaban J connectivity index is 2.17. The van der Waals surface area contributed by atoms with E-state index >= 15 is 0 Å². The number of likely N-dealkylation sites (tertiary alicyclic amines) is 1. The van der Waals surface area contributed by atoms with Gasteiger partial charge in [0.15, 0.2) is 0 Å². The van der Waals surface area contributed by atoms with Crippen LogP contribution in [0.25, 0.3) is 5.76 Å². The van der Waals surface area contributed by atoms with Crippen LogP contribution in [0.3, 0.4) is 0 Å². The smallest absolute Gasteiger partial charge is 0.295 e. The molecule has 140 valence electrons. The average molecular weight is 369 g/mol. The van der Waals surface area contributed by atoms with Crippen LogP contribution in [0, 0.1) is 12.7 Å². The summed E-state index contributed by atoms with van der Waals surface area (Å²) in [5.74, 6) is -2.39. The van der Waals surface area contributed by atoms with E-state index in [1.165, 1.54) is 36.1 Å². The van der Waals surface area contributed by atoms with Crippen LogP contribution in [0.1, 0.15) is 29.7 Å². The molecule has 0 aliphatic carbocycles. The number of hydrogen-bond acceptors (Lipinski definition) is 4. The van der Waals surface area contributed by atoms with Gasteiger partial charge in [-0.15, -0.1) is 0 Å². The molecule has 1 aliphatic rings. The second-order valence-electron chi connectivity index (χ2n) is 6.72. The van der Waals surface area contributed by atoms with Gasteiger partial charge in [-0.25, -0.2) is 4.39 Å². The number of benzene rings is 2. The SMILES string of the molecule is Cc1ccc(C(O)=C2C(=O)C(=O)N(C[C@@H](C)O)[C@H]2c2ccc(F)cc2)cc1. The lowest BCUT2D eigenvalue weighted by Gasteiger charge is -2.26. The molecule has 0 unspecified atom stereocenters. The monoisotopic (exact) mass is 369 g/mol. The fourth-order valence-electron chi connectivity index (χ4n) is 3.21. The Hall–Kier alpha value is -2.99. The minimum atomic E-state index is -0.901. The maximum absolute atomic E-state index is 13.3. The molecule has 1 saturated heterocycles. The second-order valence-corrected chi connectivity index (χ2v) is 6.72. The molecule has 0 spiro atoms. The van der Waals surface area contributed by atoms with Crippen LogP contribution < -0.4 is 0 Å². The Bertz CT molecular complexity index is 901. The molecule has 1 amide bonds. The molecule has 1 heterocycles. The standard InChI is InChI=1S/C21H20FNO4/c1-12-3-5-15(6-4-12)19(25)17-18(14-7-9-16(22)10-8-14)23(11-13(2)24)21(27)20(17)26/h3-10,13,18,24-25H,11H2,1-2H3/t13-,18+/m1/s1. The van der Waals surface area contributed by atoms with Gasteiger partial charge < -0.3 is 15.1 Å². The third-order valence-corrected chi connectivity index (χ3v) is 4.51. The summed E-state index contributed by atoms with van der Waals surface area (Å²) in [5.41, 5.74) is 1.79. The number of ketones is 1. The molecule has 5 nitrogen and oxygen atoms in total. The van der Waals surface area contributed by atoms with Gasteiger partial charge in [-0.3, -0.25) is 9.59 Å². The van der Waals surface area contributed by atoms with Crippen molar-refractivity contribution in [2.24, 2.45) is 0 Å². The molecular weight excluding hydrogens is 349 g/mol. The highest BCUT2D eigenvalue weighted by Crippen LogP contribution is 2.39. The average Bonchev–Trinajstić information content (AvgIpc) is 2.87. The summed E-state index contributed by atoms with van der Waals surface area (Å²) in [7, 11) is 0. The van der Waals surface area contributed by atoms with Crippen LogP contribution in [0.5, 0.6) is 0 Å². The maximum Gasteiger partial charge on any atom is 0.295 e. The molecule has 0 radical (unpaired) electrons. The van der Waals surface area contributed by atoms with E-state index in [4.69, 9.17) is 0 Å². The zero-order valence-electron chi connectivity index (χ0n) is 15.0. The number of rotatable bonds is 4. The van der Waals surface area contributed by atoms with Crippen molar-refractivity contribution < 1.29 is 24.2 Å². The molecule has 1 fully saturated rings. The van der Waals surface area contributed by atoms with Crippen LogP contribution in [0.15, 0.2) is 54.1 Å². The van der Waals surface area contributed by atoms with E-state index in [0.717, 1.165) is 5.56 Å². The van der Waals surface area contributed by atoms with Crippen LogP contribution in [0.2, 0.25) is 0 Å². The summed E-state index contributed by atoms with van der Waals surface area (Å²) in [4.78, 5) is 26.4. The summed E-state index contributed by atoms with van der Waals surface area (Å²) in [5, 5.41) is 20.5. The summed E-state index contributed by atoms with van der Waals surface area (Å²) in [6, 6.07) is 11.4. The predicted molar refractivity (Wildman–Crippen MR) is 98.3 cm³/mol. The Kier molecular flexibility index (Phi) is 5.10. The minimum absolute atomic E-state index is 0.0730. The Morgan fingerprint density at radius 1 is 1.11 bits per heavy atom. The van der Waals surface area contributed by atoms with Gasteiger partial charge in [-0.1, -0.05) is 42.0 Å². The quantitative estimate of drug-likeness (QED) is 0.493. The molecule has 0 aromatic heterocycles. The van der Waals surface area contributed by atoms with E-state index in [1.807, 2.05) is 6.92 Å². The lowest BCUT2D eigenvalue weighted by molar-refractivity contribution is -0.140. The molecule has 3 rings (SSSR count). The van der Waals surface area contributed by atoms with Gasteiger partial charge in [0.25, 0.3) is 11.7 Å². The number of carbonyl (C=O) groups is 2. The number of Topliss-reactive ketones (excluding diaryl/α,β-unsaturated/α-hetero) is 1. The summed E-state index contributed by atoms with van der Waals surface area (Å²) in [6.07, 6.45) is -0.870. The van der Waals surface area contributed by atoms with Gasteiger partial charge in [0.1, 0.15) is 11.6 Å². The molecule has 0 saturated carbocycles. The van der Waals surface area contributed by atoms with E-state index in [0.29, 0.717) is 11.1 Å². The summed E-state index contributed by atoms with van der Waals surface area (Å²) < 4.78 is 13.3. The molecule has 0 bridgehead atoms. The Morgan fingerprint density at radius 3 is 2.26 bits per heavy atom. The largest absolute Gasteiger partial charge is 0.507 e. The number of nitrogens with zero attached hydrogens (tertiary/aromatic N) is 1. The van der Waals surface area contributed by atoms with Crippen LogP contribution in [0.4, 0.5) is 4.39 Å². The van der Waals surface area contributed by atoms with E-state index in [-0.39, 0.29) is 17.9 Å². The first-order valence-corrected chi connectivity index (χ1v) is 8.58. The number of aryl methyl sites for hydroxylation is 1. The van der Waals surface area contributed by atoms with Crippen molar-refractivity contribution in [3.05, 3.63) is 76.6 Å². The van der Waals surface area contributed by atoms with Crippen molar-refractivity contribution >= 4 is 17.4 Å². The lowest BCUT2D eigenvalue weighted by atomic mass is 9.95. The normalized spacial score (nSPS) is 20.1. The number of halogens is 1. The lowest BCUT2D eigenvalue weighted by Crippen LogP contribution is -2.35. The van der Waals surface area contributed by atoms with Crippen molar-refractivity contribution in [3.8, 4) is 0 Å². The summed E-state index contributed by atoms with van der Waals surface area (Å²) >= 11 is 0. The Labute approximate surface area is 156 Å². The molecule has 2 atom stereocenters. The zero-order valence-corrected chi connectivity index (χ0v) is 15.0. The van der Waals surface area contributed by atoms with E-state index < -0.39 is 29.7 Å². The van der Waals surface area contributed by atoms with E-state index in [9.17, 15) is 24.2 Å². The number of hydrogen-bond donors (Lipinski definition) is 2.